The van der Waals surface area contributed by atoms with Crippen molar-refractivity contribution in [3.05, 3.63) is 30.0 Å². The fourth-order valence-electron chi connectivity index (χ4n) is 9.35. The lowest BCUT2D eigenvalue weighted by Gasteiger charge is -2.64. The van der Waals surface area contributed by atoms with Gasteiger partial charge in [0, 0.05) is 20.1 Å². The van der Waals surface area contributed by atoms with E-state index in [1.54, 1.807) is 6.26 Å². The highest BCUT2D eigenvalue weighted by atomic mass is 16.6. The number of hydrogen-bond acceptors (Lipinski definition) is 6. The van der Waals surface area contributed by atoms with E-state index >= 15 is 0 Å². The zero-order valence-electron chi connectivity index (χ0n) is 21.6. The Bertz CT molecular complexity index is 1310. The summed E-state index contributed by atoms with van der Waals surface area (Å²) in [6.45, 7) is 10.8. The minimum absolute atomic E-state index is 0.00453. The number of hydrogen-bond donors (Lipinski definition) is 1. The molecule has 1 aromatic rings. The Kier molecular flexibility index (Phi) is 3.45. The van der Waals surface area contributed by atoms with Gasteiger partial charge in [0.2, 0.25) is 11.8 Å². The minimum Gasteiger partial charge on any atom is -0.480 e. The van der Waals surface area contributed by atoms with Crippen LogP contribution >= 0.6 is 0 Å². The number of nitrogens with one attached hydrogen (secondary N) is 1. The summed E-state index contributed by atoms with van der Waals surface area (Å²) in [4.78, 5) is 32.7. The molecule has 5 atom stereocenters. The molecule has 7 heterocycles. The highest BCUT2D eigenvalue weighted by Crippen LogP contribution is 2.74. The van der Waals surface area contributed by atoms with Crippen LogP contribution in [-0.2, 0) is 19.7 Å². The van der Waals surface area contributed by atoms with Crippen molar-refractivity contribution >= 4 is 17.5 Å². The largest absolute Gasteiger partial charge is 0.480 e. The van der Waals surface area contributed by atoms with Crippen molar-refractivity contribution in [2.45, 2.75) is 74.7 Å². The summed E-state index contributed by atoms with van der Waals surface area (Å²) in [6, 6.07) is 3.99. The first-order chi connectivity index (χ1) is 16.9. The minimum atomic E-state index is -0.783. The molecule has 8 nitrogen and oxygen atoms in total. The van der Waals surface area contributed by atoms with Gasteiger partial charge in [0.1, 0.15) is 16.7 Å². The van der Waals surface area contributed by atoms with Crippen molar-refractivity contribution in [2.24, 2.45) is 11.3 Å². The van der Waals surface area contributed by atoms with Crippen LogP contribution in [0.5, 0.6) is 11.5 Å². The molecule has 8 heteroatoms. The van der Waals surface area contributed by atoms with Crippen LogP contribution in [0, 0.1) is 11.3 Å². The Morgan fingerprint density at radius 1 is 1.14 bits per heavy atom. The molecule has 190 valence electrons. The predicted molar refractivity (Wildman–Crippen MR) is 131 cm³/mol. The normalized spacial score (nSPS) is 44.0. The number of rotatable bonds is 0. The molecule has 6 fully saturated rings. The smallest absolute Gasteiger partial charge is 0.246 e. The Morgan fingerprint density at radius 2 is 1.92 bits per heavy atom. The van der Waals surface area contributed by atoms with Crippen LogP contribution in [0.15, 0.2) is 24.5 Å². The molecule has 0 radical (unpaired) electrons. The standard InChI is InChI=1S/C28H33N3O5/c1-23(2)9-11-34-20-17(36-23)7-6-16-19(20)29-21(32)27(16)13-25-14-31-10-8-26(15-35-26)28(31,22(33)30(25)5)12-18(25)24(27,3)4/h6-7,9,11,18H,8,10,12-15H2,1-5H3,(H,29,32)/t18-,25+,26?,27?,28-/m1/s1. The Hall–Kier alpha value is -2.58. The third kappa shape index (κ3) is 1.97. The van der Waals surface area contributed by atoms with Crippen molar-refractivity contribution in [1.82, 2.24) is 9.80 Å². The zero-order valence-corrected chi connectivity index (χ0v) is 21.6. The van der Waals surface area contributed by atoms with E-state index in [2.05, 4.69) is 24.1 Å². The van der Waals surface area contributed by atoms with Crippen LogP contribution in [-0.4, -0.2) is 70.6 Å². The number of benzene rings is 1. The van der Waals surface area contributed by atoms with Crippen LogP contribution in [0.2, 0.25) is 0 Å². The Balaban J connectivity index is 1.31. The first-order valence-electron chi connectivity index (χ1n) is 13.1. The van der Waals surface area contributed by atoms with E-state index < -0.39 is 27.5 Å². The lowest BCUT2D eigenvalue weighted by molar-refractivity contribution is -0.191. The van der Waals surface area contributed by atoms with Gasteiger partial charge in [-0.05, 0) is 62.1 Å². The number of epoxide rings is 1. The number of piperidine rings is 2. The molecule has 5 saturated heterocycles. The maximum atomic E-state index is 14.2. The summed E-state index contributed by atoms with van der Waals surface area (Å²) in [6.07, 6.45) is 5.78. The summed E-state index contributed by atoms with van der Waals surface area (Å²) in [7, 11) is 1.96. The van der Waals surface area contributed by atoms with E-state index in [0.717, 1.165) is 31.5 Å². The van der Waals surface area contributed by atoms with Gasteiger partial charge in [-0.25, -0.2) is 0 Å². The lowest BCUT2D eigenvalue weighted by Crippen LogP contribution is -2.81. The highest BCUT2D eigenvalue weighted by Gasteiger charge is 2.85. The molecule has 9 rings (SSSR count). The topological polar surface area (TPSA) is 83.6 Å². The number of fused-ring (bicyclic) bond motifs is 5. The van der Waals surface area contributed by atoms with Crippen LogP contribution in [0.3, 0.4) is 0 Å². The SMILES string of the molecule is CN1C(=O)[C@@]23C[C@@H]4C(C)(C)C5(C[C@]41CN2CCC31CO1)C(=O)Nc1c5ccc2c1OC=CC(C)(C)O2. The van der Waals surface area contributed by atoms with Crippen molar-refractivity contribution in [3.8, 4) is 11.5 Å². The van der Waals surface area contributed by atoms with E-state index in [9.17, 15) is 9.59 Å². The predicted octanol–water partition coefficient (Wildman–Crippen LogP) is 2.81. The molecule has 1 saturated carbocycles. The maximum absolute atomic E-state index is 14.2. The van der Waals surface area contributed by atoms with Crippen LogP contribution in [0.4, 0.5) is 5.69 Å². The second kappa shape index (κ2) is 5.78. The number of carbonyl (C=O) groups is 2. The van der Waals surface area contributed by atoms with Gasteiger partial charge in [-0.15, -0.1) is 0 Å². The number of nitrogens with zero attached hydrogens (tertiary/aromatic N) is 2. The summed E-state index contributed by atoms with van der Waals surface area (Å²) in [5.41, 5.74) is -1.41. The number of amides is 2. The van der Waals surface area contributed by atoms with E-state index in [1.807, 2.05) is 44.0 Å². The third-order valence-electron chi connectivity index (χ3n) is 11.3. The number of ether oxygens (including phenoxy) is 3. The van der Waals surface area contributed by atoms with Gasteiger partial charge >= 0.3 is 0 Å². The first kappa shape index (κ1) is 21.5. The molecule has 1 aliphatic carbocycles. The van der Waals surface area contributed by atoms with Gasteiger partial charge < -0.3 is 24.4 Å². The second-order valence-electron chi connectivity index (χ2n) is 13.2. The Labute approximate surface area is 210 Å². The summed E-state index contributed by atoms with van der Waals surface area (Å²) >= 11 is 0. The van der Waals surface area contributed by atoms with E-state index in [1.165, 1.54) is 0 Å². The van der Waals surface area contributed by atoms with Gasteiger partial charge in [0.15, 0.2) is 11.5 Å². The monoisotopic (exact) mass is 491 g/mol. The van der Waals surface area contributed by atoms with Gasteiger partial charge in [0.05, 0.1) is 29.5 Å². The quantitative estimate of drug-likeness (QED) is 0.562. The van der Waals surface area contributed by atoms with Crippen molar-refractivity contribution in [3.63, 3.8) is 0 Å². The molecule has 7 aliphatic heterocycles. The van der Waals surface area contributed by atoms with Gasteiger partial charge in [0.25, 0.3) is 0 Å². The number of piperazine rings is 1. The number of anilines is 1. The van der Waals surface area contributed by atoms with Crippen molar-refractivity contribution in [1.29, 1.82) is 0 Å². The molecule has 36 heavy (non-hydrogen) atoms. The molecule has 0 aromatic heterocycles. The van der Waals surface area contributed by atoms with Crippen LogP contribution in [0.25, 0.3) is 0 Å². The number of likely N-dealkylation sites (N-methyl/N-ethyl adjacent to an activating group) is 1. The molecule has 2 amide bonds. The van der Waals surface area contributed by atoms with Crippen molar-refractivity contribution in [2.75, 3.05) is 32.1 Å². The van der Waals surface area contributed by atoms with E-state index in [-0.39, 0.29) is 23.3 Å². The van der Waals surface area contributed by atoms with Gasteiger partial charge in [-0.2, -0.15) is 0 Å². The molecular weight excluding hydrogens is 458 g/mol. The molecule has 1 N–H and O–H groups in total. The molecule has 4 spiro atoms. The fourth-order valence-corrected chi connectivity index (χ4v) is 9.35. The lowest BCUT2D eigenvalue weighted by atomic mass is 9.56. The highest BCUT2D eigenvalue weighted by molar-refractivity contribution is 6.09. The average molecular weight is 492 g/mol. The Morgan fingerprint density at radius 3 is 2.67 bits per heavy atom. The fraction of sp³-hybridized carbons (Fsp3) is 0.643. The van der Waals surface area contributed by atoms with Crippen molar-refractivity contribution < 1.29 is 23.8 Å². The summed E-state index contributed by atoms with van der Waals surface area (Å²) < 4.78 is 18.3. The van der Waals surface area contributed by atoms with Crippen LogP contribution in [0.1, 0.15) is 52.5 Å². The maximum Gasteiger partial charge on any atom is 0.246 e. The first-order valence-corrected chi connectivity index (χ1v) is 13.1. The summed E-state index contributed by atoms with van der Waals surface area (Å²) in [5, 5.41) is 3.22. The van der Waals surface area contributed by atoms with E-state index in [4.69, 9.17) is 14.2 Å². The molecular formula is C28H33N3O5. The average Bonchev–Trinajstić information content (AvgIpc) is 3.45. The second-order valence-corrected chi connectivity index (χ2v) is 13.2. The van der Waals surface area contributed by atoms with Crippen LogP contribution < -0.4 is 14.8 Å². The van der Waals surface area contributed by atoms with E-state index in [0.29, 0.717) is 30.2 Å². The summed E-state index contributed by atoms with van der Waals surface area (Å²) in [5.74, 6) is 1.51. The molecule has 8 aliphatic rings. The number of carbonyl (C=O) groups excluding carboxylic acids is 2. The van der Waals surface area contributed by atoms with Gasteiger partial charge in [-0.1, -0.05) is 19.9 Å². The van der Waals surface area contributed by atoms with Gasteiger partial charge in [-0.3, -0.25) is 14.5 Å². The zero-order chi connectivity index (χ0) is 25.1. The third-order valence-corrected chi connectivity index (χ3v) is 11.3. The molecule has 1 aromatic carbocycles. The molecule has 2 bridgehead atoms. The molecule has 2 unspecified atom stereocenters.